The van der Waals surface area contributed by atoms with Gasteiger partial charge >= 0.3 is 0 Å². The van der Waals surface area contributed by atoms with E-state index in [-0.39, 0.29) is 18.3 Å². The number of anilines is 1. The molecule has 2 aliphatic heterocycles. The Kier molecular flexibility index (Phi) is 12.2. The minimum Gasteiger partial charge on any atom is -0.491 e. The SMILES string of the molecule is CO[C@H]1/C=C/CCCS(=O)(NC(=O)CCc2ccc(Cl)cc2)=NC(=O)c2ccc3c(c2)N(Cc2ccc(Cl)cc2CCCCO3)C[C@@H]2CC[C@H]21. The number of aryl methyl sites for hydroxylation is 2. The van der Waals surface area contributed by atoms with Crippen molar-refractivity contribution >= 4 is 50.6 Å². The van der Waals surface area contributed by atoms with Crippen LogP contribution in [0.5, 0.6) is 5.75 Å². The van der Waals surface area contributed by atoms with Gasteiger partial charge in [0.2, 0.25) is 5.91 Å². The lowest BCUT2D eigenvalue weighted by Crippen LogP contribution is -2.43. The predicted molar refractivity (Wildman–Crippen MR) is 200 cm³/mol. The lowest BCUT2D eigenvalue weighted by atomic mass is 9.70. The van der Waals surface area contributed by atoms with Crippen molar-refractivity contribution in [3.63, 3.8) is 0 Å². The van der Waals surface area contributed by atoms with Crippen LogP contribution in [0.1, 0.15) is 72.0 Å². The van der Waals surface area contributed by atoms with Crippen molar-refractivity contribution in [2.45, 2.75) is 70.4 Å². The van der Waals surface area contributed by atoms with Crippen molar-refractivity contribution in [1.29, 1.82) is 0 Å². The number of halogens is 2. The van der Waals surface area contributed by atoms with Crippen LogP contribution in [0.15, 0.2) is 77.2 Å². The minimum absolute atomic E-state index is 0.0407. The summed E-state index contributed by atoms with van der Waals surface area (Å²) in [5.74, 6) is 0.370. The molecule has 0 aromatic heterocycles. The van der Waals surface area contributed by atoms with Crippen molar-refractivity contribution in [3.05, 3.63) is 105 Å². The van der Waals surface area contributed by atoms with Crippen LogP contribution in [0.3, 0.4) is 0 Å². The molecule has 3 aliphatic rings. The molecule has 3 aromatic carbocycles. The van der Waals surface area contributed by atoms with Gasteiger partial charge in [-0.3, -0.25) is 14.3 Å². The maximum absolute atomic E-state index is 14.3. The van der Waals surface area contributed by atoms with Crippen LogP contribution < -0.4 is 14.4 Å². The average Bonchev–Trinajstić information content (AvgIpc) is 3.11. The van der Waals surface area contributed by atoms with E-state index in [1.165, 1.54) is 11.1 Å². The Morgan fingerprint density at radius 1 is 1.02 bits per heavy atom. The van der Waals surface area contributed by atoms with Crippen LogP contribution in [0.4, 0.5) is 5.69 Å². The van der Waals surface area contributed by atoms with Crippen molar-refractivity contribution in [2.75, 3.05) is 30.9 Å². The van der Waals surface area contributed by atoms with Gasteiger partial charge in [-0.05, 0) is 122 Å². The minimum atomic E-state index is -3.43. The molecule has 266 valence electrons. The third kappa shape index (κ3) is 9.29. The summed E-state index contributed by atoms with van der Waals surface area (Å²) in [7, 11) is -1.68. The summed E-state index contributed by atoms with van der Waals surface area (Å²) in [6.07, 6.45) is 10.6. The monoisotopic (exact) mass is 737 g/mol. The Hall–Kier alpha value is -3.37. The van der Waals surface area contributed by atoms with Crippen molar-refractivity contribution in [1.82, 2.24) is 4.72 Å². The molecular formula is C39H45Cl2N3O5S. The number of carbonyl (C=O) groups excluding carboxylic acids is 2. The van der Waals surface area contributed by atoms with Gasteiger partial charge in [-0.2, -0.15) is 0 Å². The van der Waals surface area contributed by atoms with Crippen molar-refractivity contribution in [2.24, 2.45) is 16.2 Å². The first-order valence-electron chi connectivity index (χ1n) is 17.5. The molecule has 11 heteroatoms. The van der Waals surface area contributed by atoms with Crippen LogP contribution in [-0.4, -0.2) is 48.1 Å². The van der Waals surface area contributed by atoms with E-state index in [9.17, 15) is 13.8 Å². The Balaban J connectivity index is 1.36. The van der Waals surface area contributed by atoms with E-state index in [1.54, 1.807) is 25.3 Å². The highest BCUT2D eigenvalue weighted by molar-refractivity contribution is 7.92. The zero-order chi connectivity index (χ0) is 35.1. The van der Waals surface area contributed by atoms with Gasteiger partial charge in [0, 0.05) is 42.2 Å². The standard InChI is InChI=1S/C39H45Cl2N3O5S/c1-48-36-8-3-2-6-22-50(47,42-38(45)20-11-27-9-15-32(40)16-10-27)43-39(46)29-14-19-37-35(24-29)44(26-31-13-18-34(31)36)25-30-12-17-33(41)23-28(30)7-4-5-21-49-37/h3,8-10,12,14-17,19,23-24,31,34,36H,2,4-7,11,13,18,20-22,25-26H2,1H3,(H,42,43,45,46,47)/b8-3+/t31-,34+,36-,50?/m0/s1. The number of hydrogen-bond donors (Lipinski definition) is 1. The highest BCUT2D eigenvalue weighted by Crippen LogP contribution is 2.42. The van der Waals surface area contributed by atoms with Gasteiger partial charge in [-0.1, -0.05) is 53.6 Å². The number of benzene rings is 3. The predicted octanol–water partition coefficient (Wildman–Crippen LogP) is 8.38. The molecule has 1 unspecified atom stereocenters. The molecule has 1 N–H and O–H groups in total. The van der Waals surface area contributed by atoms with Gasteiger partial charge in [0.05, 0.1) is 24.2 Å². The molecule has 2 heterocycles. The largest absolute Gasteiger partial charge is 0.491 e. The number of fused-ring (bicyclic) bond motifs is 3. The van der Waals surface area contributed by atoms with E-state index >= 15 is 0 Å². The quantitative estimate of drug-likeness (QED) is 0.264. The Labute approximate surface area is 305 Å². The van der Waals surface area contributed by atoms with Crippen LogP contribution in [-0.2, 0) is 38.8 Å². The molecule has 1 saturated carbocycles. The number of methoxy groups -OCH3 is 1. The molecule has 4 atom stereocenters. The van der Waals surface area contributed by atoms with E-state index in [1.807, 2.05) is 30.3 Å². The Morgan fingerprint density at radius 3 is 2.62 bits per heavy atom. The fourth-order valence-electron chi connectivity index (χ4n) is 7.06. The number of amides is 2. The second-order valence-corrected chi connectivity index (χ2v) is 16.4. The number of ether oxygens (including phenoxy) is 2. The van der Waals surface area contributed by atoms with Crippen molar-refractivity contribution < 1.29 is 23.3 Å². The zero-order valence-electron chi connectivity index (χ0n) is 28.5. The first-order chi connectivity index (χ1) is 24.2. The van der Waals surface area contributed by atoms with Gasteiger partial charge < -0.3 is 14.4 Å². The molecule has 2 amide bonds. The second kappa shape index (κ2) is 16.8. The summed E-state index contributed by atoms with van der Waals surface area (Å²) in [6, 6.07) is 18.7. The maximum Gasteiger partial charge on any atom is 0.286 e. The normalized spacial score (nSPS) is 25.0. The zero-order valence-corrected chi connectivity index (χ0v) is 30.8. The molecule has 0 saturated heterocycles. The molecular weight excluding hydrogens is 693 g/mol. The number of allylic oxidation sites excluding steroid dienone is 1. The third-order valence-electron chi connectivity index (χ3n) is 9.97. The molecule has 8 nitrogen and oxygen atoms in total. The van der Waals surface area contributed by atoms with E-state index < -0.39 is 21.7 Å². The molecule has 1 aliphatic carbocycles. The summed E-state index contributed by atoms with van der Waals surface area (Å²) in [4.78, 5) is 29.3. The summed E-state index contributed by atoms with van der Waals surface area (Å²) in [6.45, 7) is 1.88. The van der Waals surface area contributed by atoms with E-state index in [0.717, 1.165) is 49.9 Å². The maximum atomic E-state index is 14.3. The summed E-state index contributed by atoms with van der Waals surface area (Å²) in [5.41, 5.74) is 4.40. The fraction of sp³-hybridized carbons (Fsp3) is 0.436. The van der Waals surface area contributed by atoms with Gasteiger partial charge in [0.1, 0.15) is 15.7 Å². The topological polar surface area (TPSA) is 97.3 Å². The third-order valence-corrected chi connectivity index (χ3v) is 12.3. The van der Waals surface area contributed by atoms with E-state index in [2.05, 4.69) is 38.3 Å². The Morgan fingerprint density at radius 2 is 1.84 bits per heavy atom. The average molecular weight is 739 g/mol. The van der Waals surface area contributed by atoms with Crippen molar-refractivity contribution in [3.8, 4) is 5.75 Å². The van der Waals surface area contributed by atoms with Gasteiger partial charge in [0.25, 0.3) is 5.91 Å². The lowest BCUT2D eigenvalue weighted by Gasteiger charge is -2.43. The summed E-state index contributed by atoms with van der Waals surface area (Å²) in [5, 5.41) is 1.33. The molecule has 1 fully saturated rings. The molecule has 2 bridgehead atoms. The summed E-state index contributed by atoms with van der Waals surface area (Å²) < 4.78 is 33.5. The molecule has 0 spiro atoms. The highest BCUT2D eigenvalue weighted by Gasteiger charge is 2.38. The first kappa shape index (κ1) is 36.4. The number of carbonyl (C=O) groups is 2. The lowest BCUT2D eigenvalue weighted by molar-refractivity contribution is -0.119. The molecule has 0 radical (unpaired) electrons. The molecule has 3 aromatic rings. The van der Waals surface area contributed by atoms with Crippen LogP contribution >= 0.6 is 23.2 Å². The summed E-state index contributed by atoms with van der Waals surface area (Å²) >= 11 is 12.5. The highest BCUT2D eigenvalue weighted by atomic mass is 35.5. The van der Waals surface area contributed by atoms with Gasteiger partial charge in [-0.15, -0.1) is 4.36 Å². The second-order valence-electron chi connectivity index (χ2n) is 13.4. The first-order valence-corrected chi connectivity index (χ1v) is 20.0. The smallest absolute Gasteiger partial charge is 0.286 e. The molecule has 6 rings (SSSR count). The molecule has 50 heavy (non-hydrogen) atoms. The fourth-order valence-corrected chi connectivity index (χ4v) is 9.01. The number of hydrogen-bond acceptors (Lipinski definition) is 6. The van der Waals surface area contributed by atoms with Crippen LogP contribution in [0.25, 0.3) is 0 Å². The number of nitrogens with one attached hydrogen (secondary N) is 1. The van der Waals surface area contributed by atoms with Gasteiger partial charge in [0.15, 0.2) is 0 Å². The van der Waals surface area contributed by atoms with Crippen LogP contribution in [0.2, 0.25) is 10.0 Å². The van der Waals surface area contributed by atoms with Crippen LogP contribution in [0, 0.1) is 11.8 Å². The Bertz CT molecular complexity index is 1840. The number of nitrogens with zero attached hydrogens (tertiary/aromatic N) is 2. The van der Waals surface area contributed by atoms with E-state index in [4.69, 9.17) is 32.7 Å². The van der Waals surface area contributed by atoms with E-state index in [0.29, 0.717) is 65.6 Å². The van der Waals surface area contributed by atoms with Gasteiger partial charge in [-0.25, -0.2) is 4.21 Å². The number of rotatable bonds is 5.